The molecule has 0 aliphatic carbocycles. The Labute approximate surface area is 156 Å². The molecule has 0 spiro atoms. The molecule has 0 aliphatic heterocycles. The Morgan fingerprint density at radius 2 is 1.31 bits per heavy atom. The normalized spacial score (nSPS) is 11.5. The van der Waals surface area contributed by atoms with Crippen LogP contribution in [0.1, 0.15) is 33.4 Å². The van der Waals surface area contributed by atoms with Crippen LogP contribution in [0.3, 0.4) is 0 Å². The van der Waals surface area contributed by atoms with E-state index in [4.69, 9.17) is 9.47 Å². The van der Waals surface area contributed by atoms with Crippen molar-refractivity contribution < 1.29 is 17.9 Å². The molecule has 0 aliphatic rings. The summed E-state index contributed by atoms with van der Waals surface area (Å²) < 4.78 is 39.1. The summed E-state index contributed by atoms with van der Waals surface area (Å²) in [6.07, 6.45) is 0. The maximum Gasteiger partial charge on any atom is 0.241 e. The van der Waals surface area contributed by atoms with Gasteiger partial charge in [-0.05, 0) is 80.1 Å². The first-order valence-electron chi connectivity index (χ1n) is 8.41. The Kier molecular flexibility index (Phi) is 5.98. The van der Waals surface area contributed by atoms with Crippen LogP contribution in [-0.2, 0) is 16.6 Å². The fourth-order valence-electron chi connectivity index (χ4n) is 3.11. The lowest BCUT2D eigenvalue weighted by Gasteiger charge is -2.19. The minimum absolute atomic E-state index is 0.174. The maximum absolute atomic E-state index is 13.0. The molecule has 0 bridgehead atoms. The van der Waals surface area contributed by atoms with E-state index in [2.05, 4.69) is 4.72 Å². The lowest BCUT2D eigenvalue weighted by atomic mass is 9.95. The van der Waals surface area contributed by atoms with Gasteiger partial charge < -0.3 is 9.47 Å². The Balaban J connectivity index is 2.36. The highest BCUT2D eigenvalue weighted by Crippen LogP contribution is 2.30. The summed E-state index contributed by atoms with van der Waals surface area (Å²) in [6, 6.07) is 5.35. The number of rotatable bonds is 6. The van der Waals surface area contributed by atoms with Gasteiger partial charge in [-0.25, -0.2) is 13.1 Å². The fraction of sp³-hybridized carbons (Fsp3) is 0.400. The van der Waals surface area contributed by atoms with E-state index in [1.807, 2.05) is 40.7 Å². The largest absolute Gasteiger partial charge is 0.493 e. The van der Waals surface area contributed by atoms with Crippen molar-refractivity contribution in [2.45, 2.75) is 46.1 Å². The average molecular weight is 378 g/mol. The molecular formula is C20H27NO4S. The SMILES string of the molecule is COc1ccc(CNS(=O)(=O)c2c(C)c(C)c(C)c(C)c2C)cc1OC. The Morgan fingerprint density at radius 1 is 0.808 bits per heavy atom. The van der Waals surface area contributed by atoms with Crippen molar-refractivity contribution in [2.24, 2.45) is 0 Å². The first kappa shape index (κ1) is 20.3. The lowest BCUT2D eigenvalue weighted by Crippen LogP contribution is -2.25. The second-order valence-electron chi connectivity index (χ2n) is 6.47. The molecule has 5 nitrogen and oxygen atoms in total. The number of ether oxygens (including phenoxy) is 2. The van der Waals surface area contributed by atoms with Crippen LogP contribution in [0.2, 0.25) is 0 Å². The van der Waals surface area contributed by atoms with Gasteiger partial charge in [0.15, 0.2) is 11.5 Å². The van der Waals surface area contributed by atoms with Crippen molar-refractivity contribution in [2.75, 3.05) is 14.2 Å². The first-order valence-corrected chi connectivity index (χ1v) is 9.89. The summed E-state index contributed by atoms with van der Waals surface area (Å²) in [5.74, 6) is 1.18. The Hall–Kier alpha value is -2.05. The molecule has 6 heteroatoms. The zero-order valence-electron chi connectivity index (χ0n) is 16.5. The van der Waals surface area contributed by atoms with Crippen molar-refractivity contribution in [1.82, 2.24) is 4.72 Å². The third-order valence-corrected chi connectivity index (χ3v) is 6.79. The number of nitrogens with one attached hydrogen (secondary N) is 1. The minimum Gasteiger partial charge on any atom is -0.493 e. The van der Waals surface area contributed by atoms with E-state index in [1.54, 1.807) is 26.4 Å². The number of hydrogen-bond acceptors (Lipinski definition) is 4. The van der Waals surface area contributed by atoms with Gasteiger partial charge in [-0.2, -0.15) is 0 Å². The predicted octanol–water partition coefficient (Wildman–Crippen LogP) is 3.72. The smallest absolute Gasteiger partial charge is 0.241 e. The molecule has 2 aromatic carbocycles. The zero-order chi connectivity index (χ0) is 19.6. The molecule has 142 valence electrons. The number of methoxy groups -OCH3 is 2. The summed E-state index contributed by atoms with van der Waals surface area (Å²) in [5.41, 5.74) is 5.55. The van der Waals surface area contributed by atoms with Crippen LogP contribution in [0.25, 0.3) is 0 Å². The van der Waals surface area contributed by atoms with Crippen LogP contribution in [0, 0.1) is 34.6 Å². The van der Waals surface area contributed by atoms with Gasteiger partial charge in [0.1, 0.15) is 0 Å². The van der Waals surface area contributed by atoms with Crippen LogP contribution in [-0.4, -0.2) is 22.6 Å². The van der Waals surface area contributed by atoms with E-state index in [-0.39, 0.29) is 6.54 Å². The maximum atomic E-state index is 13.0. The number of benzene rings is 2. The molecule has 0 radical (unpaired) electrons. The molecule has 26 heavy (non-hydrogen) atoms. The van der Waals surface area contributed by atoms with Crippen LogP contribution in [0.5, 0.6) is 11.5 Å². The van der Waals surface area contributed by atoms with Gasteiger partial charge in [-0.15, -0.1) is 0 Å². The topological polar surface area (TPSA) is 64.6 Å². The summed E-state index contributed by atoms with van der Waals surface area (Å²) in [6.45, 7) is 9.85. The van der Waals surface area contributed by atoms with E-state index in [0.717, 1.165) is 33.4 Å². The molecule has 0 atom stereocenters. The molecule has 0 heterocycles. The van der Waals surface area contributed by atoms with Gasteiger partial charge in [-0.3, -0.25) is 0 Å². The molecule has 0 unspecified atom stereocenters. The third kappa shape index (κ3) is 3.71. The van der Waals surface area contributed by atoms with Gasteiger partial charge in [0.25, 0.3) is 0 Å². The van der Waals surface area contributed by atoms with E-state index < -0.39 is 10.0 Å². The number of sulfonamides is 1. The molecule has 2 aromatic rings. The quantitative estimate of drug-likeness (QED) is 0.833. The second-order valence-corrected chi connectivity index (χ2v) is 8.17. The molecular weight excluding hydrogens is 350 g/mol. The molecule has 1 N–H and O–H groups in total. The molecule has 0 saturated carbocycles. The fourth-order valence-corrected chi connectivity index (χ4v) is 4.72. The van der Waals surface area contributed by atoms with Crippen molar-refractivity contribution in [3.05, 3.63) is 51.6 Å². The highest BCUT2D eigenvalue weighted by atomic mass is 32.2. The summed E-state index contributed by atoms with van der Waals surface area (Å²) in [5, 5.41) is 0. The van der Waals surface area contributed by atoms with Gasteiger partial charge >= 0.3 is 0 Å². The van der Waals surface area contributed by atoms with Crippen LogP contribution >= 0.6 is 0 Å². The molecule has 0 amide bonds. The summed E-state index contributed by atoms with van der Waals surface area (Å²) >= 11 is 0. The second kappa shape index (κ2) is 7.68. The van der Waals surface area contributed by atoms with E-state index in [0.29, 0.717) is 16.4 Å². The van der Waals surface area contributed by atoms with E-state index >= 15 is 0 Å². The van der Waals surface area contributed by atoms with Crippen molar-refractivity contribution in [1.29, 1.82) is 0 Å². The predicted molar refractivity (Wildman–Crippen MR) is 104 cm³/mol. The summed E-state index contributed by atoms with van der Waals surface area (Å²) in [4.78, 5) is 0.374. The molecule has 2 rings (SSSR count). The van der Waals surface area contributed by atoms with Crippen molar-refractivity contribution in [3.8, 4) is 11.5 Å². The molecule has 0 aromatic heterocycles. The lowest BCUT2D eigenvalue weighted by molar-refractivity contribution is 0.354. The van der Waals surface area contributed by atoms with Crippen LogP contribution in [0.15, 0.2) is 23.1 Å². The van der Waals surface area contributed by atoms with Crippen molar-refractivity contribution >= 4 is 10.0 Å². The van der Waals surface area contributed by atoms with Gasteiger partial charge in [0.05, 0.1) is 19.1 Å². The van der Waals surface area contributed by atoms with Crippen LogP contribution < -0.4 is 14.2 Å². The average Bonchev–Trinajstić information content (AvgIpc) is 2.62. The van der Waals surface area contributed by atoms with Gasteiger partial charge in [0, 0.05) is 6.54 Å². The van der Waals surface area contributed by atoms with Crippen molar-refractivity contribution in [3.63, 3.8) is 0 Å². The van der Waals surface area contributed by atoms with Gasteiger partial charge in [-0.1, -0.05) is 6.07 Å². The monoisotopic (exact) mass is 377 g/mol. The Bertz CT molecular complexity index is 904. The van der Waals surface area contributed by atoms with Crippen LogP contribution in [0.4, 0.5) is 0 Å². The van der Waals surface area contributed by atoms with E-state index in [1.165, 1.54) is 0 Å². The molecule has 0 fully saturated rings. The summed E-state index contributed by atoms with van der Waals surface area (Å²) in [7, 11) is -0.524. The first-order chi connectivity index (χ1) is 12.1. The zero-order valence-corrected chi connectivity index (χ0v) is 17.3. The highest BCUT2D eigenvalue weighted by Gasteiger charge is 2.23. The molecule has 0 saturated heterocycles. The van der Waals surface area contributed by atoms with E-state index in [9.17, 15) is 8.42 Å². The highest BCUT2D eigenvalue weighted by molar-refractivity contribution is 7.89. The minimum atomic E-state index is -3.64. The third-order valence-electron chi connectivity index (χ3n) is 5.11. The Morgan fingerprint density at radius 3 is 1.81 bits per heavy atom. The number of hydrogen-bond donors (Lipinski definition) is 1. The van der Waals surface area contributed by atoms with Gasteiger partial charge in [0.2, 0.25) is 10.0 Å². The standard InChI is InChI=1S/C20H27NO4S/c1-12-13(2)15(4)20(16(5)14(12)3)26(22,23)21-11-17-8-9-18(24-6)19(10-17)25-7/h8-10,21H,11H2,1-7H3.